The van der Waals surface area contributed by atoms with Crippen LogP contribution in [0.2, 0.25) is 0 Å². The van der Waals surface area contributed by atoms with Gasteiger partial charge in [-0.15, -0.1) is 12.6 Å². The summed E-state index contributed by atoms with van der Waals surface area (Å²) in [6, 6.07) is 15.5. The molecule has 0 bridgehead atoms. The molecule has 0 radical (unpaired) electrons. The Bertz CT molecular complexity index is 569. The molecule has 0 spiro atoms. The van der Waals surface area contributed by atoms with Gasteiger partial charge in [0.2, 0.25) is 5.91 Å². The van der Waals surface area contributed by atoms with Crippen LogP contribution in [0.4, 0.5) is 0 Å². The van der Waals surface area contributed by atoms with Crippen molar-refractivity contribution < 1.29 is 4.79 Å². The molecule has 0 aliphatic carbocycles. The Morgan fingerprint density at radius 2 is 1.79 bits per heavy atom. The van der Waals surface area contributed by atoms with Crippen molar-refractivity contribution in [2.24, 2.45) is 0 Å². The summed E-state index contributed by atoms with van der Waals surface area (Å²) in [6.45, 7) is 0.533. The van der Waals surface area contributed by atoms with E-state index in [1.54, 1.807) is 0 Å². The third-order valence-electron chi connectivity index (χ3n) is 2.73. The molecule has 98 valence electrons. The number of thiol groups is 1. The first-order chi connectivity index (χ1) is 9.15. The van der Waals surface area contributed by atoms with Crippen LogP contribution >= 0.6 is 28.6 Å². The van der Waals surface area contributed by atoms with Crippen LogP contribution in [0.5, 0.6) is 0 Å². The van der Waals surface area contributed by atoms with E-state index in [9.17, 15) is 4.79 Å². The molecule has 0 fully saturated rings. The lowest BCUT2D eigenvalue weighted by atomic mass is 10.1. The van der Waals surface area contributed by atoms with E-state index < -0.39 is 0 Å². The zero-order chi connectivity index (χ0) is 13.7. The normalized spacial score (nSPS) is 10.2. The standard InChI is InChI=1S/C15H14BrNOS/c16-14-4-2-1-3-12(14)10-17-15(18)9-11-5-7-13(19)8-6-11/h1-8,19H,9-10H2,(H,17,18). The number of nitrogens with one attached hydrogen (secondary N) is 1. The van der Waals surface area contributed by atoms with Gasteiger partial charge in [-0.05, 0) is 29.3 Å². The van der Waals surface area contributed by atoms with Crippen molar-refractivity contribution in [1.29, 1.82) is 0 Å². The van der Waals surface area contributed by atoms with Crippen LogP contribution in [0, 0.1) is 0 Å². The van der Waals surface area contributed by atoms with Crippen molar-refractivity contribution >= 4 is 34.5 Å². The van der Waals surface area contributed by atoms with Crippen molar-refractivity contribution in [3.8, 4) is 0 Å². The van der Waals surface area contributed by atoms with Gasteiger partial charge in [0.1, 0.15) is 0 Å². The summed E-state index contributed by atoms with van der Waals surface area (Å²) in [5.74, 6) is 0.0164. The maximum absolute atomic E-state index is 11.8. The van der Waals surface area contributed by atoms with Gasteiger partial charge in [-0.1, -0.05) is 46.3 Å². The van der Waals surface area contributed by atoms with Crippen molar-refractivity contribution in [1.82, 2.24) is 5.32 Å². The van der Waals surface area contributed by atoms with Crippen LogP contribution in [-0.2, 0) is 17.8 Å². The number of amides is 1. The molecular formula is C15H14BrNOS. The molecule has 0 saturated heterocycles. The van der Waals surface area contributed by atoms with Gasteiger partial charge in [0.05, 0.1) is 6.42 Å². The van der Waals surface area contributed by atoms with Gasteiger partial charge in [-0.3, -0.25) is 4.79 Å². The van der Waals surface area contributed by atoms with Gasteiger partial charge in [0.25, 0.3) is 0 Å². The molecule has 2 rings (SSSR count). The monoisotopic (exact) mass is 335 g/mol. The lowest BCUT2D eigenvalue weighted by Gasteiger charge is -2.07. The molecule has 4 heteroatoms. The second-order valence-corrected chi connectivity index (χ2v) is 5.58. The van der Waals surface area contributed by atoms with Crippen LogP contribution in [-0.4, -0.2) is 5.91 Å². The van der Waals surface area contributed by atoms with E-state index in [0.717, 1.165) is 20.5 Å². The third-order valence-corrected chi connectivity index (χ3v) is 3.81. The van der Waals surface area contributed by atoms with Crippen molar-refractivity contribution in [2.75, 3.05) is 0 Å². The summed E-state index contributed by atoms with van der Waals surface area (Å²) in [6.07, 6.45) is 0.387. The molecule has 0 heterocycles. The maximum Gasteiger partial charge on any atom is 0.224 e. The average Bonchev–Trinajstić information content (AvgIpc) is 2.40. The summed E-state index contributed by atoms with van der Waals surface area (Å²) in [4.78, 5) is 12.7. The van der Waals surface area contributed by atoms with Crippen molar-refractivity contribution in [3.63, 3.8) is 0 Å². The first-order valence-electron chi connectivity index (χ1n) is 5.93. The fraction of sp³-hybridized carbons (Fsp3) is 0.133. The summed E-state index contributed by atoms with van der Waals surface area (Å²) in [5.41, 5.74) is 2.06. The number of benzene rings is 2. The quantitative estimate of drug-likeness (QED) is 0.821. The molecule has 0 unspecified atom stereocenters. The Balaban J connectivity index is 1.88. The number of halogens is 1. The topological polar surface area (TPSA) is 29.1 Å². The molecule has 2 aromatic rings. The smallest absolute Gasteiger partial charge is 0.224 e. The highest BCUT2D eigenvalue weighted by Gasteiger charge is 2.04. The number of hydrogen-bond donors (Lipinski definition) is 2. The van der Waals surface area contributed by atoms with Gasteiger partial charge in [0, 0.05) is 15.9 Å². The fourth-order valence-electron chi connectivity index (χ4n) is 1.70. The maximum atomic E-state index is 11.8. The first-order valence-corrected chi connectivity index (χ1v) is 7.17. The fourth-order valence-corrected chi connectivity index (χ4v) is 2.27. The molecule has 0 saturated carbocycles. The van der Waals surface area contributed by atoms with Gasteiger partial charge in [0.15, 0.2) is 0 Å². The largest absolute Gasteiger partial charge is 0.352 e. The zero-order valence-corrected chi connectivity index (χ0v) is 12.7. The van der Waals surface area contributed by atoms with E-state index in [4.69, 9.17) is 0 Å². The van der Waals surface area contributed by atoms with Crippen LogP contribution in [0.25, 0.3) is 0 Å². The predicted molar refractivity (Wildman–Crippen MR) is 83.4 cm³/mol. The Morgan fingerprint density at radius 3 is 2.47 bits per heavy atom. The van der Waals surface area contributed by atoms with Crippen molar-refractivity contribution in [3.05, 3.63) is 64.1 Å². The average molecular weight is 336 g/mol. The van der Waals surface area contributed by atoms with E-state index in [-0.39, 0.29) is 5.91 Å². The minimum atomic E-state index is 0.0164. The van der Waals surface area contributed by atoms with Crippen LogP contribution in [0.1, 0.15) is 11.1 Å². The number of carbonyl (C=O) groups is 1. The highest BCUT2D eigenvalue weighted by atomic mass is 79.9. The van der Waals surface area contributed by atoms with E-state index in [0.29, 0.717) is 13.0 Å². The molecule has 1 amide bonds. The molecule has 0 aliphatic rings. The summed E-state index contributed by atoms with van der Waals surface area (Å²) >= 11 is 7.68. The second-order valence-electron chi connectivity index (χ2n) is 4.21. The lowest BCUT2D eigenvalue weighted by molar-refractivity contribution is -0.120. The molecular weight excluding hydrogens is 322 g/mol. The molecule has 0 aliphatic heterocycles. The number of carbonyl (C=O) groups excluding carboxylic acids is 1. The molecule has 2 aromatic carbocycles. The molecule has 19 heavy (non-hydrogen) atoms. The van der Waals surface area contributed by atoms with Crippen LogP contribution in [0.3, 0.4) is 0 Å². The minimum Gasteiger partial charge on any atom is -0.352 e. The third kappa shape index (κ3) is 4.40. The Kier molecular flexibility index (Phi) is 5.05. The van der Waals surface area contributed by atoms with E-state index >= 15 is 0 Å². The summed E-state index contributed by atoms with van der Waals surface area (Å²) < 4.78 is 1.01. The first kappa shape index (κ1) is 14.2. The molecule has 2 nitrogen and oxygen atoms in total. The van der Waals surface area contributed by atoms with E-state index in [1.807, 2.05) is 48.5 Å². The molecule has 0 aromatic heterocycles. The predicted octanol–water partition coefficient (Wildman–Crippen LogP) is 3.60. The van der Waals surface area contributed by atoms with Gasteiger partial charge in [-0.2, -0.15) is 0 Å². The van der Waals surface area contributed by atoms with Crippen LogP contribution < -0.4 is 5.32 Å². The zero-order valence-electron chi connectivity index (χ0n) is 10.3. The lowest BCUT2D eigenvalue weighted by Crippen LogP contribution is -2.24. The number of hydrogen-bond acceptors (Lipinski definition) is 2. The Morgan fingerprint density at radius 1 is 1.11 bits per heavy atom. The molecule has 1 N–H and O–H groups in total. The minimum absolute atomic E-state index is 0.0164. The Labute approximate surface area is 126 Å². The van der Waals surface area contributed by atoms with E-state index in [2.05, 4.69) is 33.9 Å². The summed E-state index contributed by atoms with van der Waals surface area (Å²) in [5, 5.41) is 2.91. The van der Waals surface area contributed by atoms with Crippen molar-refractivity contribution in [2.45, 2.75) is 17.9 Å². The number of rotatable bonds is 4. The van der Waals surface area contributed by atoms with Gasteiger partial charge in [-0.25, -0.2) is 0 Å². The second kappa shape index (κ2) is 6.78. The Hall–Kier alpha value is -1.26. The highest BCUT2D eigenvalue weighted by molar-refractivity contribution is 9.10. The SMILES string of the molecule is O=C(Cc1ccc(S)cc1)NCc1ccccc1Br. The van der Waals surface area contributed by atoms with Gasteiger partial charge >= 0.3 is 0 Å². The van der Waals surface area contributed by atoms with Gasteiger partial charge < -0.3 is 5.32 Å². The van der Waals surface area contributed by atoms with Crippen LogP contribution in [0.15, 0.2) is 57.9 Å². The van der Waals surface area contributed by atoms with E-state index in [1.165, 1.54) is 0 Å². The highest BCUT2D eigenvalue weighted by Crippen LogP contribution is 2.15. The molecule has 0 atom stereocenters. The summed E-state index contributed by atoms with van der Waals surface area (Å²) in [7, 11) is 0.